The lowest BCUT2D eigenvalue weighted by Gasteiger charge is -2.28. The lowest BCUT2D eigenvalue weighted by Crippen LogP contribution is -2.33. The molecule has 2 fully saturated rings. The van der Waals surface area contributed by atoms with Gasteiger partial charge in [-0.3, -0.25) is 9.69 Å². The van der Waals surface area contributed by atoms with E-state index in [-0.39, 0.29) is 17.6 Å². The van der Waals surface area contributed by atoms with Crippen LogP contribution in [0.4, 0.5) is 5.69 Å². The highest BCUT2D eigenvalue weighted by atomic mass is 35.5. The van der Waals surface area contributed by atoms with Crippen molar-refractivity contribution in [3.8, 4) is 11.5 Å². The SMILES string of the molecule is CC(C)(C)CC(=O)N(Cc1ccc(OC2CCCCO2)cc1Cl)c1ccc(OCCN2CCCC2)cc1. The summed E-state index contributed by atoms with van der Waals surface area (Å²) in [6, 6.07) is 13.5. The van der Waals surface area contributed by atoms with Gasteiger partial charge in [-0.15, -0.1) is 0 Å². The van der Waals surface area contributed by atoms with Crippen molar-refractivity contribution in [2.45, 2.75) is 72.1 Å². The van der Waals surface area contributed by atoms with Gasteiger partial charge < -0.3 is 19.1 Å². The summed E-state index contributed by atoms with van der Waals surface area (Å²) in [7, 11) is 0. The van der Waals surface area contributed by atoms with E-state index in [9.17, 15) is 4.79 Å². The molecule has 0 saturated carbocycles. The van der Waals surface area contributed by atoms with Crippen LogP contribution in [0.2, 0.25) is 5.02 Å². The van der Waals surface area contributed by atoms with Gasteiger partial charge in [0, 0.05) is 30.1 Å². The average Bonchev–Trinajstić information content (AvgIpc) is 3.37. The summed E-state index contributed by atoms with van der Waals surface area (Å²) < 4.78 is 17.6. The van der Waals surface area contributed by atoms with Crippen LogP contribution in [0.1, 0.15) is 64.9 Å². The number of likely N-dealkylation sites (tertiary alicyclic amines) is 1. The van der Waals surface area contributed by atoms with Gasteiger partial charge in [-0.25, -0.2) is 0 Å². The lowest BCUT2D eigenvalue weighted by atomic mass is 9.91. The van der Waals surface area contributed by atoms with Gasteiger partial charge >= 0.3 is 0 Å². The fourth-order valence-electron chi connectivity index (χ4n) is 4.75. The van der Waals surface area contributed by atoms with Gasteiger partial charge in [-0.05, 0) is 86.1 Å². The fraction of sp³-hybridized carbons (Fsp3) is 0.567. The number of benzene rings is 2. The van der Waals surface area contributed by atoms with Gasteiger partial charge in [-0.1, -0.05) is 38.4 Å². The van der Waals surface area contributed by atoms with Gasteiger partial charge in [0.25, 0.3) is 0 Å². The Bertz CT molecular complexity index is 1010. The standard InChI is InChI=1S/C30H41ClN2O4/c1-30(2,3)21-28(34)33(24-10-13-25(14-11-24)35-19-17-32-15-5-6-16-32)22-23-9-12-26(20-27(23)31)37-29-8-4-7-18-36-29/h9-14,20,29H,4-8,15-19,21-22H2,1-3H3. The van der Waals surface area contributed by atoms with Crippen LogP contribution in [0.25, 0.3) is 0 Å². The Labute approximate surface area is 226 Å². The molecule has 4 rings (SSSR count). The number of ether oxygens (including phenoxy) is 3. The molecule has 0 bridgehead atoms. The second-order valence-corrected chi connectivity index (χ2v) is 11.7. The number of amides is 1. The molecule has 202 valence electrons. The zero-order valence-electron chi connectivity index (χ0n) is 22.5. The molecular weight excluding hydrogens is 488 g/mol. The van der Waals surface area contributed by atoms with Crippen molar-refractivity contribution in [2.24, 2.45) is 5.41 Å². The maximum Gasteiger partial charge on any atom is 0.227 e. The van der Waals surface area contributed by atoms with E-state index in [1.807, 2.05) is 47.4 Å². The van der Waals surface area contributed by atoms with Crippen molar-refractivity contribution in [2.75, 3.05) is 37.7 Å². The molecule has 0 aliphatic carbocycles. The predicted octanol–water partition coefficient (Wildman–Crippen LogP) is 6.69. The monoisotopic (exact) mass is 528 g/mol. The molecule has 2 heterocycles. The quantitative estimate of drug-likeness (QED) is 0.344. The van der Waals surface area contributed by atoms with E-state index >= 15 is 0 Å². The average molecular weight is 529 g/mol. The van der Waals surface area contributed by atoms with Crippen molar-refractivity contribution < 1.29 is 19.0 Å². The summed E-state index contributed by atoms with van der Waals surface area (Å²) in [5, 5.41) is 0.573. The third-order valence-corrected chi connectivity index (χ3v) is 7.12. The van der Waals surface area contributed by atoms with E-state index < -0.39 is 0 Å². The molecule has 0 N–H and O–H groups in total. The zero-order chi connectivity index (χ0) is 26.3. The second kappa shape index (κ2) is 13.0. The summed E-state index contributed by atoms with van der Waals surface area (Å²) >= 11 is 6.67. The molecule has 0 aromatic heterocycles. The number of hydrogen-bond acceptors (Lipinski definition) is 5. The maximum atomic E-state index is 13.4. The molecule has 6 nitrogen and oxygen atoms in total. The molecule has 0 radical (unpaired) electrons. The van der Waals surface area contributed by atoms with Gasteiger partial charge in [0.05, 0.1) is 13.2 Å². The van der Waals surface area contributed by atoms with Crippen molar-refractivity contribution in [3.05, 3.63) is 53.1 Å². The molecule has 37 heavy (non-hydrogen) atoms. The van der Waals surface area contributed by atoms with E-state index in [0.717, 1.165) is 62.5 Å². The molecule has 1 unspecified atom stereocenters. The number of hydrogen-bond donors (Lipinski definition) is 0. The highest BCUT2D eigenvalue weighted by Gasteiger charge is 2.24. The molecule has 2 saturated heterocycles. The Morgan fingerprint density at radius 2 is 1.78 bits per heavy atom. The lowest BCUT2D eigenvalue weighted by molar-refractivity contribution is -0.120. The zero-order valence-corrected chi connectivity index (χ0v) is 23.3. The van der Waals surface area contributed by atoms with Crippen LogP contribution in [-0.4, -0.2) is 49.9 Å². The topological polar surface area (TPSA) is 51.2 Å². The molecule has 7 heteroatoms. The normalized spacial score (nSPS) is 18.5. The Kier molecular flexibility index (Phi) is 9.74. The fourth-order valence-corrected chi connectivity index (χ4v) is 4.98. The summed E-state index contributed by atoms with van der Waals surface area (Å²) in [4.78, 5) is 17.7. The number of carbonyl (C=O) groups is 1. The molecule has 1 atom stereocenters. The van der Waals surface area contributed by atoms with Gasteiger partial charge in [0.15, 0.2) is 6.29 Å². The van der Waals surface area contributed by atoms with E-state index in [4.69, 9.17) is 25.8 Å². The van der Waals surface area contributed by atoms with Crippen LogP contribution in [0.3, 0.4) is 0 Å². The van der Waals surface area contributed by atoms with Crippen molar-refractivity contribution in [1.82, 2.24) is 4.90 Å². The summed E-state index contributed by atoms with van der Waals surface area (Å²) in [5.41, 5.74) is 1.56. The first-order valence-electron chi connectivity index (χ1n) is 13.6. The number of rotatable bonds is 10. The first kappa shape index (κ1) is 27.7. The third-order valence-electron chi connectivity index (χ3n) is 6.76. The van der Waals surface area contributed by atoms with E-state index in [2.05, 4.69) is 25.7 Å². The summed E-state index contributed by atoms with van der Waals surface area (Å²) in [5.74, 6) is 1.56. The van der Waals surface area contributed by atoms with Crippen LogP contribution in [0.15, 0.2) is 42.5 Å². The van der Waals surface area contributed by atoms with Crippen molar-refractivity contribution in [1.29, 1.82) is 0 Å². The minimum absolute atomic E-state index is 0.0576. The highest BCUT2D eigenvalue weighted by molar-refractivity contribution is 6.31. The number of anilines is 1. The van der Waals surface area contributed by atoms with Gasteiger partial charge in [0.1, 0.15) is 18.1 Å². The summed E-state index contributed by atoms with van der Waals surface area (Å²) in [6.45, 7) is 11.3. The highest BCUT2D eigenvalue weighted by Crippen LogP contribution is 2.30. The van der Waals surface area contributed by atoms with Crippen LogP contribution < -0.4 is 14.4 Å². The molecule has 1 amide bonds. The number of halogens is 1. The Hall–Kier alpha value is -2.28. The molecule has 2 aliphatic heterocycles. The largest absolute Gasteiger partial charge is 0.492 e. The Morgan fingerprint density at radius 1 is 1.05 bits per heavy atom. The van der Waals surface area contributed by atoms with Gasteiger partial charge in [0.2, 0.25) is 5.91 Å². The predicted molar refractivity (Wildman–Crippen MR) is 149 cm³/mol. The Morgan fingerprint density at radius 3 is 2.43 bits per heavy atom. The molecular formula is C30H41ClN2O4. The molecule has 2 aromatic carbocycles. The van der Waals surface area contributed by atoms with Crippen LogP contribution >= 0.6 is 11.6 Å². The van der Waals surface area contributed by atoms with Crippen LogP contribution in [-0.2, 0) is 16.1 Å². The first-order chi connectivity index (χ1) is 17.8. The van der Waals surface area contributed by atoms with E-state index in [1.165, 1.54) is 12.8 Å². The van der Waals surface area contributed by atoms with Crippen LogP contribution in [0, 0.1) is 5.41 Å². The third kappa shape index (κ3) is 8.62. The number of nitrogens with zero attached hydrogens (tertiary/aromatic N) is 2. The minimum atomic E-state index is -0.225. The molecule has 0 spiro atoms. The molecule has 2 aromatic rings. The Balaban J connectivity index is 1.44. The maximum absolute atomic E-state index is 13.4. The smallest absolute Gasteiger partial charge is 0.227 e. The number of carbonyl (C=O) groups excluding carboxylic acids is 1. The van der Waals surface area contributed by atoms with E-state index in [1.54, 1.807) is 0 Å². The summed E-state index contributed by atoms with van der Waals surface area (Å²) in [6.07, 6.45) is 5.82. The minimum Gasteiger partial charge on any atom is -0.492 e. The van der Waals surface area contributed by atoms with Crippen molar-refractivity contribution >= 4 is 23.2 Å². The van der Waals surface area contributed by atoms with Gasteiger partial charge in [-0.2, -0.15) is 0 Å². The van der Waals surface area contributed by atoms with Crippen molar-refractivity contribution in [3.63, 3.8) is 0 Å². The first-order valence-corrected chi connectivity index (χ1v) is 14.0. The second-order valence-electron chi connectivity index (χ2n) is 11.3. The molecule has 2 aliphatic rings. The van der Waals surface area contributed by atoms with E-state index in [0.29, 0.717) is 30.3 Å². The van der Waals surface area contributed by atoms with Crippen LogP contribution in [0.5, 0.6) is 11.5 Å².